The fourth-order valence-corrected chi connectivity index (χ4v) is 2.64. The minimum absolute atomic E-state index is 0.410. The standard InChI is InChI=1S/C15H22BN3O/c1-11-14(3-2-13(4-5-16)15(11)20)8-12-9-19(10-12)18-7-6-17/h2-3,6-7,12,18,20H,4-5,8-10,17H2,1H3/b7-6-. The van der Waals surface area contributed by atoms with Crippen molar-refractivity contribution < 1.29 is 5.11 Å². The summed E-state index contributed by atoms with van der Waals surface area (Å²) in [6.45, 7) is 3.97. The number of benzene rings is 1. The molecular formula is C15H22BN3O. The maximum Gasteiger partial charge on any atom is 0.121 e. The molecule has 0 bridgehead atoms. The zero-order valence-corrected chi connectivity index (χ0v) is 12.0. The molecule has 106 valence electrons. The molecule has 1 heterocycles. The van der Waals surface area contributed by atoms with Gasteiger partial charge in [-0.15, -0.1) is 0 Å². The molecule has 1 aromatic carbocycles. The summed E-state index contributed by atoms with van der Waals surface area (Å²) in [4.78, 5) is 0. The molecule has 0 unspecified atom stereocenters. The van der Waals surface area contributed by atoms with Crippen LogP contribution >= 0.6 is 0 Å². The number of rotatable bonds is 6. The predicted molar refractivity (Wildman–Crippen MR) is 82.3 cm³/mol. The Kier molecular flexibility index (Phi) is 4.96. The molecule has 5 heteroatoms. The summed E-state index contributed by atoms with van der Waals surface area (Å²) in [5.41, 5.74) is 11.5. The summed E-state index contributed by atoms with van der Waals surface area (Å²) >= 11 is 0. The number of hydrogen-bond donors (Lipinski definition) is 3. The van der Waals surface area contributed by atoms with Crippen LogP contribution in [0.4, 0.5) is 0 Å². The third kappa shape index (κ3) is 3.28. The summed E-state index contributed by atoms with van der Waals surface area (Å²) in [6.07, 6.45) is 5.50. The second kappa shape index (κ2) is 6.70. The summed E-state index contributed by atoms with van der Waals surface area (Å²) in [5.74, 6) is 1.03. The first-order valence-electron chi connectivity index (χ1n) is 7.04. The van der Waals surface area contributed by atoms with Crippen molar-refractivity contribution in [3.8, 4) is 5.75 Å². The van der Waals surface area contributed by atoms with Gasteiger partial charge in [-0.25, -0.2) is 5.01 Å². The average Bonchev–Trinajstić information content (AvgIpc) is 2.40. The van der Waals surface area contributed by atoms with Crippen molar-refractivity contribution in [1.29, 1.82) is 0 Å². The first-order chi connectivity index (χ1) is 9.65. The van der Waals surface area contributed by atoms with Crippen LogP contribution in [0.1, 0.15) is 16.7 Å². The normalized spacial score (nSPS) is 16.4. The van der Waals surface area contributed by atoms with Crippen LogP contribution in [0, 0.1) is 12.8 Å². The lowest BCUT2D eigenvalue weighted by Crippen LogP contribution is -2.53. The van der Waals surface area contributed by atoms with Gasteiger partial charge in [0.1, 0.15) is 5.75 Å². The van der Waals surface area contributed by atoms with Crippen molar-refractivity contribution in [2.24, 2.45) is 11.7 Å². The summed E-state index contributed by atoms with van der Waals surface area (Å²) in [5, 5.41) is 12.3. The van der Waals surface area contributed by atoms with Crippen LogP contribution in [-0.2, 0) is 12.8 Å². The molecule has 4 nitrogen and oxygen atoms in total. The van der Waals surface area contributed by atoms with E-state index in [4.69, 9.17) is 13.6 Å². The fraction of sp³-hybridized carbons (Fsp3) is 0.467. The molecule has 1 aliphatic heterocycles. The average molecular weight is 271 g/mol. The van der Waals surface area contributed by atoms with E-state index in [1.165, 1.54) is 11.8 Å². The number of hydrogen-bond acceptors (Lipinski definition) is 4. The number of aromatic hydroxyl groups is 1. The molecule has 2 radical (unpaired) electrons. The van der Waals surface area contributed by atoms with Crippen molar-refractivity contribution in [2.45, 2.75) is 26.1 Å². The first-order valence-corrected chi connectivity index (χ1v) is 7.04. The molecule has 0 saturated carbocycles. The monoisotopic (exact) mass is 271 g/mol. The Labute approximate surface area is 122 Å². The van der Waals surface area contributed by atoms with Crippen LogP contribution < -0.4 is 11.2 Å². The maximum absolute atomic E-state index is 10.2. The van der Waals surface area contributed by atoms with Crippen LogP contribution in [0.15, 0.2) is 24.5 Å². The van der Waals surface area contributed by atoms with Gasteiger partial charge >= 0.3 is 0 Å². The highest BCUT2D eigenvalue weighted by Crippen LogP contribution is 2.29. The Morgan fingerprint density at radius 2 is 2.15 bits per heavy atom. The van der Waals surface area contributed by atoms with E-state index in [2.05, 4.69) is 16.5 Å². The number of nitrogens with zero attached hydrogens (tertiary/aromatic N) is 1. The molecule has 1 aromatic rings. The maximum atomic E-state index is 10.2. The van der Waals surface area contributed by atoms with Gasteiger partial charge in [-0.2, -0.15) is 0 Å². The second-order valence-electron chi connectivity index (χ2n) is 5.36. The largest absolute Gasteiger partial charge is 0.507 e. The lowest BCUT2D eigenvalue weighted by molar-refractivity contribution is 0.0631. The van der Waals surface area contributed by atoms with E-state index in [-0.39, 0.29) is 0 Å². The van der Waals surface area contributed by atoms with E-state index < -0.39 is 0 Å². The molecule has 0 amide bonds. The zero-order valence-electron chi connectivity index (χ0n) is 12.0. The van der Waals surface area contributed by atoms with Crippen molar-refractivity contribution >= 4 is 7.85 Å². The molecule has 1 aliphatic rings. The number of hydrazine groups is 1. The van der Waals surface area contributed by atoms with Gasteiger partial charge in [0.05, 0.1) is 7.85 Å². The lowest BCUT2D eigenvalue weighted by Gasteiger charge is -2.39. The molecule has 1 saturated heterocycles. The van der Waals surface area contributed by atoms with Crippen molar-refractivity contribution in [3.05, 3.63) is 41.2 Å². The fourth-order valence-electron chi connectivity index (χ4n) is 2.64. The molecular weight excluding hydrogens is 249 g/mol. The molecule has 0 atom stereocenters. The van der Waals surface area contributed by atoms with E-state index in [1.807, 2.05) is 13.0 Å². The highest BCUT2D eigenvalue weighted by Gasteiger charge is 2.26. The Hall–Kier alpha value is -1.62. The summed E-state index contributed by atoms with van der Waals surface area (Å²) in [7, 11) is 5.55. The van der Waals surface area contributed by atoms with Crippen molar-refractivity contribution in [2.75, 3.05) is 13.1 Å². The SMILES string of the molecule is [B]CCc1ccc(CC2CN(N/C=C\N)C2)c(C)c1O. The topological polar surface area (TPSA) is 61.5 Å². The van der Waals surface area contributed by atoms with Gasteiger partial charge in [-0.3, -0.25) is 0 Å². The van der Waals surface area contributed by atoms with Gasteiger partial charge in [0.25, 0.3) is 0 Å². The van der Waals surface area contributed by atoms with Crippen LogP contribution in [0.5, 0.6) is 5.75 Å². The minimum Gasteiger partial charge on any atom is -0.507 e. The summed E-state index contributed by atoms with van der Waals surface area (Å²) < 4.78 is 0. The van der Waals surface area contributed by atoms with Gasteiger partial charge in [-0.05, 0) is 42.4 Å². The van der Waals surface area contributed by atoms with E-state index in [1.54, 1.807) is 6.20 Å². The number of phenolic OH excluding ortho intramolecular Hbond substituents is 1. The predicted octanol–water partition coefficient (Wildman–Crippen LogP) is 1.24. The van der Waals surface area contributed by atoms with E-state index >= 15 is 0 Å². The third-order valence-electron chi connectivity index (χ3n) is 3.86. The Morgan fingerprint density at radius 1 is 1.45 bits per heavy atom. The van der Waals surface area contributed by atoms with E-state index in [0.29, 0.717) is 18.0 Å². The Morgan fingerprint density at radius 3 is 2.80 bits per heavy atom. The molecule has 4 N–H and O–H groups in total. The number of phenols is 1. The van der Waals surface area contributed by atoms with Crippen molar-refractivity contribution in [3.63, 3.8) is 0 Å². The van der Waals surface area contributed by atoms with Crippen LogP contribution in [0.3, 0.4) is 0 Å². The number of nitrogens with one attached hydrogen (secondary N) is 1. The number of nitrogens with two attached hydrogens (primary N) is 1. The van der Waals surface area contributed by atoms with Gasteiger partial charge < -0.3 is 16.3 Å². The van der Waals surface area contributed by atoms with Gasteiger partial charge in [0.2, 0.25) is 0 Å². The summed E-state index contributed by atoms with van der Waals surface area (Å²) in [6, 6.07) is 4.12. The molecule has 0 aromatic heterocycles. The Bertz CT molecular complexity index is 484. The van der Waals surface area contributed by atoms with Crippen molar-refractivity contribution in [1.82, 2.24) is 10.4 Å². The van der Waals surface area contributed by atoms with Gasteiger partial charge in [0, 0.05) is 25.5 Å². The second-order valence-corrected chi connectivity index (χ2v) is 5.36. The van der Waals surface area contributed by atoms with Crippen LogP contribution in [-0.4, -0.2) is 31.1 Å². The van der Waals surface area contributed by atoms with Gasteiger partial charge in [-0.1, -0.05) is 18.5 Å². The van der Waals surface area contributed by atoms with E-state index in [0.717, 1.165) is 37.1 Å². The molecule has 0 aliphatic carbocycles. The smallest absolute Gasteiger partial charge is 0.121 e. The quantitative estimate of drug-likeness (QED) is 0.681. The van der Waals surface area contributed by atoms with Gasteiger partial charge in [0.15, 0.2) is 0 Å². The lowest BCUT2D eigenvalue weighted by atomic mass is 9.88. The zero-order chi connectivity index (χ0) is 14.5. The Balaban J connectivity index is 1.93. The first kappa shape index (κ1) is 14.8. The minimum atomic E-state index is 0.410. The molecule has 0 spiro atoms. The van der Waals surface area contributed by atoms with Crippen LogP contribution in [0.25, 0.3) is 0 Å². The van der Waals surface area contributed by atoms with Crippen LogP contribution in [0.2, 0.25) is 6.32 Å². The van der Waals surface area contributed by atoms with E-state index in [9.17, 15) is 5.11 Å². The highest BCUT2D eigenvalue weighted by atomic mass is 16.3. The highest BCUT2D eigenvalue weighted by molar-refractivity contribution is 6.08. The number of aryl methyl sites for hydroxylation is 1. The third-order valence-corrected chi connectivity index (χ3v) is 3.86. The molecule has 2 rings (SSSR count). The molecule has 20 heavy (non-hydrogen) atoms. The molecule has 1 fully saturated rings.